The van der Waals surface area contributed by atoms with E-state index in [1.165, 1.54) is 5.69 Å². The van der Waals surface area contributed by atoms with Gasteiger partial charge in [-0.3, -0.25) is 4.68 Å². The molecule has 2 aromatic heterocycles. The molecule has 6 heteroatoms. The molecule has 0 bridgehead atoms. The molecule has 2 aromatic rings. The molecule has 2 heterocycles. The summed E-state index contributed by atoms with van der Waals surface area (Å²) in [5.41, 5.74) is 2.21. The van der Waals surface area contributed by atoms with E-state index in [-0.39, 0.29) is 0 Å². The lowest BCUT2D eigenvalue weighted by Gasteiger charge is -2.08. The van der Waals surface area contributed by atoms with Crippen molar-refractivity contribution in [3.05, 3.63) is 29.6 Å². The van der Waals surface area contributed by atoms with Crippen LogP contribution in [0.1, 0.15) is 37.5 Å². The summed E-state index contributed by atoms with van der Waals surface area (Å²) in [7, 11) is 0. The van der Waals surface area contributed by atoms with Crippen molar-refractivity contribution in [3.63, 3.8) is 0 Å². The van der Waals surface area contributed by atoms with Gasteiger partial charge >= 0.3 is 0 Å². The normalized spacial score (nSPS) is 11.1. The van der Waals surface area contributed by atoms with E-state index in [1.807, 2.05) is 16.3 Å². The van der Waals surface area contributed by atoms with Crippen molar-refractivity contribution in [2.45, 2.75) is 46.8 Å². The number of hydrogen-bond donors (Lipinski definition) is 1. The zero-order chi connectivity index (χ0) is 13.7. The number of nitrogens with one attached hydrogen (secondary N) is 1. The van der Waals surface area contributed by atoms with E-state index in [0.29, 0.717) is 0 Å². The SMILES string of the molecule is CCCNCc1ncnn1Cc1cc(C)nn1CC. The number of rotatable bonds is 7. The lowest BCUT2D eigenvalue weighted by molar-refractivity contribution is 0.543. The molecule has 1 N–H and O–H groups in total. The van der Waals surface area contributed by atoms with Crippen LogP contribution in [0.25, 0.3) is 0 Å². The maximum atomic E-state index is 4.45. The van der Waals surface area contributed by atoms with Gasteiger partial charge in [-0.05, 0) is 32.9 Å². The molecule has 0 spiro atoms. The summed E-state index contributed by atoms with van der Waals surface area (Å²) in [6.45, 7) is 9.62. The van der Waals surface area contributed by atoms with E-state index >= 15 is 0 Å². The van der Waals surface area contributed by atoms with Gasteiger partial charge in [0, 0.05) is 6.54 Å². The van der Waals surface area contributed by atoms with Gasteiger partial charge in [-0.15, -0.1) is 0 Å². The molecule has 0 radical (unpaired) electrons. The van der Waals surface area contributed by atoms with E-state index in [2.05, 4.69) is 40.4 Å². The van der Waals surface area contributed by atoms with Crippen molar-refractivity contribution in [3.8, 4) is 0 Å². The summed E-state index contributed by atoms with van der Waals surface area (Å²) in [6, 6.07) is 2.11. The van der Waals surface area contributed by atoms with Gasteiger partial charge in [-0.2, -0.15) is 10.2 Å². The summed E-state index contributed by atoms with van der Waals surface area (Å²) in [6.07, 6.45) is 2.73. The van der Waals surface area contributed by atoms with E-state index in [9.17, 15) is 0 Å². The summed E-state index contributed by atoms with van der Waals surface area (Å²) in [4.78, 5) is 4.31. The molecular weight excluding hydrogens is 240 g/mol. The molecule has 104 valence electrons. The van der Waals surface area contributed by atoms with Gasteiger partial charge in [0.2, 0.25) is 0 Å². The van der Waals surface area contributed by atoms with Crippen LogP contribution in [0.5, 0.6) is 0 Å². The first-order chi connectivity index (χ1) is 9.24. The minimum atomic E-state index is 0.720. The summed E-state index contributed by atoms with van der Waals surface area (Å²) in [5, 5.41) is 12.1. The Kier molecular flexibility index (Phi) is 4.68. The molecular formula is C13H22N6. The van der Waals surface area contributed by atoms with Crippen molar-refractivity contribution in [1.82, 2.24) is 29.9 Å². The number of hydrogen-bond acceptors (Lipinski definition) is 4. The Morgan fingerprint density at radius 1 is 1.26 bits per heavy atom. The second-order valence-corrected chi connectivity index (χ2v) is 4.60. The molecule has 0 atom stereocenters. The average Bonchev–Trinajstić information content (AvgIpc) is 2.97. The Balaban J connectivity index is 2.08. The van der Waals surface area contributed by atoms with Crippen molar-refractivity contribution in [2.75, 3.05) is 6.54 Å². The molecule has 0 saturated carbocycles. The Morgan fingerprint density at radius 3 is 2.84 bits per heavy atom. The van der Waals surface area contributed by atoms with Crippen LogP contribution in [0, 0.1) is 6.92 Å². The molecule has 0 aliphatic heterocycles. The van der Waals surface area contributed by atoms with Gasteiger partial charge in [0.05, 0.1) is 24.5 Å². The second kappa shape index (κ2) is 6.47. The first-order valence-corrected chi connectivity index (χ1v) is 6.85. The Bertz CT molecular complexity index is 513. The summed E-state index contributed by atoms with van der Waals surface area (Å²) < 4.78 is 3.95. The molecule has 0 aliphatic rings. The van der Waals surface area contributed by atoms with Crippen LogP contribution in [0.15, 0.2) is 12.4 Å². The zero-order valence-electron chi connectivity index (χ0n) is 11.9. The lowest BCUT2D eigenvalue weighted by Crippen LogP contribution is -2.19. The van der Waals surface area contributed by atoms with E-state index < -0.39 is 0 Å². The Hall–Kier alpha value is -1.69. The van der Waals surface area contributed by atoms with Gasteiger partial charge in [-0.1, -0.05) is 6.92 Å². The monoisotopic (exact) mass is 262 g/mol. The highest BCUT2D eigenvalue weighted by molar-refractivity contribution is 5.09. The van der Waals surface area contributed by atoms with Crippen LogP contribution in [-0.4, -0.2) is 31.1 Å². The van der Waals surface area contributed by atoms with Crippen molar-refractivity contribution in [1.29, 1.82) is 0 Å². The fourth-order valence-corrected chi connectivity index (χ4v) is 2.09. The molecule has 0 fully saturated rings. The molecule has 0 aromatic carbocycles. The van der Waals surface area contributed by atoms with E-state index in [0.717, 1.165) is 44.1 Å². The summed E-state index contributed by atoms with van der Waals surface area (Å²) >= 11 is 0. The van der Waals surface area contributed by atoms with Crippen molar-refractivity contribution in [2.24, 2.45) is 0 Å². The van der Waals surface area contributed by atoms with Gasteiger partial charge < -0.3 is 5.32 Å². The molecule has 0 amide bonds. The quantitative estimate of drug-likeness (QED) is 0.765. The largest absolute Gasteiger partial charge is 0.310 e. The maximum Gasteiger partial charge on any atom is 0.141 e. The molecule has 0 saturated heterocycles. The third kappa shape index (κ3) is 3.41. The van der Waals surface area contributed by atoms with Gasteiger partial charge in [0.15, 0.2) is 0 Å². The smallest absolute Gasteiger partial charge is 0.141 e. The highest BCUT2D eigenvalue weighted by Gasteiger charge is 2.09. The lowest BCUT2D eigenvalue weighted by atomic mass is 10.3. The first kappa shape index (κ1) is 13.7. The second-order valence-electron chi connectivity index (χ2n) is 4.60. The highest BCUT2D eigenvalue weighted by Crippen LogP contribution is 2.07. The van der Waals surface area contributed by atoms with Crippen LogP contribution in [0.4, 0.5) is 0 Å². The average molecular weight is 262 g/mol. The number of aromatic nitrogens is 5. The number of aryl methyl sites for hydroxylation is 2. The molecule has 19 heavy (non-hydrogen) atoms. The summed E-state index contributed by atoms with van der Waals surface area (Å²) in [5.74, 6) is 0.968. The third-order valence-corrected chi connectivity index (χ3v) is 3.00. The Morgan fingerprint density at radius 2 is 2.11 bits per heavy atom. The predicted molar refractivity (Wildman–Crippen MR) is 73.8 cm³/mol. The van der Waals surface area contributed by atoms with Crippen LogP contribution in [-0.2, 0) is 19.6 Å². The molecule has 0 unspecified atom stereocenters. The van der Waals surface area contributed by atoms with Gasteiger partial charge in [0.1, 0.15) is 12.2 Å². The Labute approximate surface area is 113 Å². The van der Waals surface area contributed by atoms with Crippen molar-refractivity contribution >= 4 is 0 Å². The molecule has 0 aliphatic carbocycles. The minimum Gasteiger partial charge on any atom is -0.310 e. The predicted octanol–water partition coefficient (Wildman–Crippen LogP) is 1.35. The maximum absolute atomic E-state index is 4.45. The van der Waals surface area contributed by atoms with Crippen molar-refractivity contribution < 1.29 is 0 Å². The van der Waals surface area contributed by atoms with Crippen LogP contribution >= 0.6 is 0 Å². The standard InChI is InChI=1S/C13H22N6/c1-4-6-14-8-13-15-10-16-19(13)9-12-7-11(3)17-18(12)5-2/h7,10,14H,4-6,8-9H2,1-3H3. The fourth-order valence-electron chi connectivity index (χ4n) is 2.09. The fraction of sp³-hybridized carbons (Fsp3) is 0.615. The molecule has 2 rings (SSSR count). The van der Waals surface area contributed by atoms with Crippen LogP contribution in [0.2, 0.25) is 0 Å². The van der Waals surface area contributed by atoms with Crippen LogP contribution in [0.3, 0.4) is 0 Å². The van der Waals surface area contributed by atoms with Gasteiger partial charge in [-0.25, -0.2) is 9.67 Å². The highest BCUT2D eigenvalue weighted by atomic mass is 15.4. The minimum absolute atomic E-state index is 0.720. The van der Waals surface area contributed by atoms with E-state index in [4.69, 9.17) is 0 Å². The number of nitrogens with zero attached hydrogens (tertiary/aromatic N) is 5. The molecule has 6 nitrogen and oxygen atoms in total. The van der Waals surface area contributed by atoms with Gasteiger partial charge in [0.25, 0.3) is 0 Å². The zero-order valence-corrected chi connectivity index (χ0v) is 11.9. The van der Waals surface area contributed by atoms with E-state index in [1.54, 1.807) is 6.33 Å². The third-order valence-electron chi connectivity index (χ3n) is 3.00. The van der Waals surface area contributed by atoms with Crippen LogP contribution < -0.4 is 5.32 Å². The first-order valence-electron chi connectivity index (χ1n) is 6.85. The topological polar surface area (TPSA) is 60.6 Å².